The van der Waals surface area contributed by atoms with E-state index in [4.69, 9.17) is 0 Å². The Morgan fingerprint density at radius 3 is 2.59 bits per heavy atom. The molecule has 1 aromatic heterocycles. The fourth-order valence-electron chi connectivity index (χ4n) is 4.10. The van der Waals surface area contributed by atoms with Crippen LogP contribution in [0.15, 0.2) is 37.9 Å². The molecule has 2 aromatic rings. The number of fused-ring (bicyclic) bond motifs is 1. The number of carbonyl (C=O) groups excluding carboxylic acids is 2. The summed E-state index contributed by atoms with van der Waals surface area (Å²) in [5.41, 5.74) is 2.97. The smallest absolute Gasteiger partial charge is 0.234 e. The molecule has 1 aromatic carbocycles. The Morgan fingerprint density at radius 2 is 1.79 bits per heavy atom. The van der Waals surface area contributed by atoms with E-state index in [0.29, 0.717) is 13.0 Å². The highest BCUT2D eigenvalue weighted by atomic mass is 79.9. The Kier molecular flexibility index (Phi) is 6.86. The summed E-state index contributed by atoms with van der Waals surface area (Å²) in [6.45, 7) is 5.13. The van der Waals surface area contributed by atoms with Crippen molar-refractivity contribution >= 4 is 54.9 Å². The summed E-state index contributed by atoms with van der Waals surface area (Å²) in [6, 6.07) is 10.3. The number of nitrogens with one attached hydrogen (secondary N) is 1. The van der Waals surface area contributed by atoms with Crippen LogP contribution in [0.2, 0.25) is 0 Å². The van der Waals surface area contributed by atoms with E-state index in [1.807, 2.05) is 6.07 Å². The predicted molar refractivity (Wildman–Crippen MR) is 122 cm³/mol. The highest BCUT2D eigenvalue weighted by molar-refractivity contribution is 9.12. The summed E-state index contributed by atoms with van der Waals surface area (Å²) in [5, 5.41) is 3.08. The van der Waals surface area contributed by atoms with Gasteiger partial charge in [-0.3, -0.25) is 19.4 Å². The molecule has 29 heavy (non-hydrogen) atoms. The van der Waals surface area contributed by atoms with Crippen LogP contribution in [0, 0.1) is 0 Å². The first-order valence-corrected chi connectivity index (χ1v) is 12.2. The Balaban J connectivity index is 1.30. The van der Waals surface area contributed by atoms with Crippen molar-refractivity contribution in [1.29, 1.82) is 0 Å². The van der Waals surface area contributed by atoms with E-state index in [2.05, 4.69) is 71.2 Å². The number of thiophene rings is 1. The fourth-order valence-corrected chi connectivity index (χ4v) is 7.47. The number of benzene rings is 1. The Hall–Kier alpha value is -1.06. The van der Waals surface area contributed by atoms with E-state index >= 15 is 0 Å². The lowest BCUT2D eigenvalue weighted by molar-refractivity contribution is -0.122. The minimum Gasteiger partial charge on any atom is -0.348 e. The number of amides is 1. The van der Waals surface area contributed by atoms with Crippen LogP contribution in [-0.2, 0) is 11.3 Å². The first-order valence-electron chi connectivity index (χ1n) is 9.80. The number of hydrogen-bond acceptors (Lipinski definition) is 5. The lowest BCUT2D eigenvalue weighted by atomic mass is 10.2. The molecule has 1 aliphatic heterocycles. The van der Waals surface area contributed by atoms with Crippen LogP contribution in [0.25, 0.3) is 0 Å². The van der Waals surface area contributed by atoms with Gasteiger partial charge >= 0.3 is 0 Å². The molecule has 1 aliphatic carbocycles. The third-order valence-electron chi connectivity index (χ3n) is 5.51. The van der Waals surface area contributed by atoms with Crippen LogP contribution in [0.1, 0.15) is 40.4 Å². The minimum atomic E-state index is -0.233. The molecule has 5 nitrogen and oxygen atoms in total. The SMILES string of the molecule is O=C(CN1CCCN(Cc2ccccc2)CC1)NC1CC(=O)c2c(Br)sc(Br)c21. The third kappa shape index (κ3) is 4.99. The van der Waals surface area contributed by atoms with Crippen LogP contribution >= 0.6 is 43.2 Å². The molecule has 4 rings (SSSR count). The molecule has 0 radical (unpaired) electrons. The molecule has 1 saturated heterocycles. The minimum absolute atomic E-state index is 0.0126. The number of rotatable bonds is 5. The number of halogens is 2. The average molecular weight is 541 g/mol. The summed E-state index contributed by atoms with van der Waals surface area (Å²) in [7, 11) is 0. The molecular formula is C21H23Br2N3O2S. The Labute approximate surface area is 191 Å². The van der Waals surface area contributed by atoms with Crippen molar-refractivity contribution in [2.45, 2.75) is 25.4 Å². The zero-order chi connectivity index (χ0) is 20.4. The summed E-state index contributed by atoms with van der Waals surface area (Å²) in [5.74, 6) is 0.0758. The number of nitrogens with zero attached hydrogens (tertiary/aromatic N) is 2. The first-order chi connectivity index (χ1) is 14.0. The molecular weight excluding hydrogens is 518 g/mol. The van der Waals surface area contributed by atoms with Gasteiger partial charge in [0.2, 0.25) is 5.91 Å². The van der Waals surface area contributed by atoms with E-state index in [-0.39, 0.29) is 17.7 Å². The summed E-state index contributed by atoms with van der Waals surface area (Å²) < 4.78 is 1.76. The first kappa shape index (κ1) is 21.2. The van der Waals surface area contributed by atoms with Gasteiger partial charge in [0.05, 0.1) is 20.2 Å². The van der Waals surface area contributed by atoms with Gasteiger partial charge in [-0.2, -0.15) is 0 Å². The standard InChI is InChI=1S/C21H23Br2N3O2S/c22-20-18-15(11-16(27)19(18)21(23)29-20)24-17(28)13-26-8-4-7-25(9-10-26)12-14-5-2-1-3-6-14/h1-3,5-6,15H,4,7-13H2,(H,24,28). The van der Waals surface area contributed by atoms with Gasteiger partial charge in [0.25, 0.3) is 0 Å². The topological polar surface area (TPSA) is 52.7 Å². The van der Waals surface area contributed by atoms with Gasteiger partial charge in [-0.1, -0.05) is 30.3 Å². The third-order valence-corrected chi connectivity index (χ3v) is 8.08. The van der Waals surface area contributed by atoms with Gasteiger partial charge in [-0.25, -0.2) is 0 Å². The summed E-state index contributed by atoms with van der Waals surface area (Å²) in [6.07, 6.45) is 1.39. The Bertz CT molecular complexity index is 903. The largest absolute Gasteiger partial charge is 0.348 e. The van der Waals surface area contributed by atoms with Crippen LogP contribution in [0.4, 0.5) is 0 Å². The summed E-state index contributed by atoms with van der Waals surface area (Å²) in [4.78, 5) is 29.7. The second kappa shape index (κ2) is 9.39. The van der Waals surface area contributed by atoms with E-state index in [1.54, 1.807) is 0 Å². The molecule has 2 heterocycles. The lowest BCUT2D eigenvalue weighted by Crippen LogP contribution is -2.40. The van der Waals surface area contributed by atoms with E-state index in [0.717, 1.165) is 57.8 Å². The zero-order valence-electron chi connectivity index (χ0n) is 16.0. The number of carbonyl (C=O) groups is 2. The molecule has 1 fully saturated rings. The maximum absolute atomic E-state index is 12.7. The van der Waals surface area contributed by atoms with Gasteiger partial charge in [0, 0.05) is 37.2 Å². The summed E-state index contributed by atoms with van der Waals surface area (Å²) >= 11 is 8.49. The molecule has 8 heteroatoms. The molecule has 1 N–H and O–H groups in total. The van der Waals surface area contributed by atoms with Crippen molar-refractivity contribution < 1.29 is 9.59 Å². The molecule has 0 spiro atoms. The molecule has 1 unspecified atom stereocenters. The van der Waals surface area contributed by atoms with E-state index in [1.165, 1.54) is 16.9 Å². The van der Waals surface area contributed by atoms with Crippen molar-refractivity contribution in [3.8, 4) is 0 Å². The fraction of sp³-hybridized carbons (Fsp3) is 0.429. The van der Waals surface area contributed by atoms with Crippen molar-refractivity contribution in [2.24, 2.45) is 0 Å². The number of Topliss-reactive ketones (excluding diaryl/α,β-unsaturated/α-hetero) is 1. The molecule has 0 bridgehead atoms. The molecule has 1 amide bonds. The van der Waals surface area contributed by atoms with Crippen molar-refractivity contribution in [2.75, 3.05) is 32.7 Å². The lowest BCUT2D eigenvalue weighted by Gasteiger charge is -2.22. The number of ketones is 1. The molecule has 154 valence electrons. The average Bonchev–Trinajstić information content (AvgIpc) is 3.07. The monoisotopic (exact) mass is 539 g/mol. The molecule has 0 saturated carbocycles. The second-order valence-corrected chi connectivity index (χ2v) is 11.2. The predicted octanol–water partition coefficient (Wildman–Crippen LogP) is 4.22. The van der Waals surface area contributed by atoms with Crippen molar-refractivity contribution in [3.05, 3.63) is 54.6 Å². The quantitative estimate of drug-likeness (QED) is 0.616. The van der Waals surface area contributed by atoms with Crippen LogP contribution in [0.3, 0.4) is 0 Å². The molecule has 2 aliphatic rings. The van der Waals surface area contributed by atoms with Gasteiger partial charge in [0.1, 0.15) is 0 Å². The maximum atomic E-state index is 12.7. The van der Waals surface area contributed by atoms with Crippen molar-refractivity contribution in [3.63, 3.8) is 0 Å². The highest BCUT2D eigenvalue weighted by Gasteiger charge is 2.36. The van der Waals surface area contributed by atoms with Crippen LogP contribution < -0.4 is 5.32 Å². The Morgan fingerprint density at radius 1 is 1.07 bits per heavy atom. The molecule has 1 atom stereocenters. The second-order valence-electron chi connectivity index (χ2n) is 7.58. The van der Waals surface area contributed by atoms with E-state index in [9.17, 15) is 9.59 Å². The highest BCUT2D eigenvalue weighted by Crippen LogP contribution is 2.46. The normalized spacial score (nSPS) is 20.5. The van der Waals surface area contributed by atoms with Gasteiger partial charge in [0.15, 0.2) is 5.78 Å². The van der Waals surface area contributed by atoms with Gasteiger partial charge in [-0.05, 0) is 56.9 Å². The van der Waals surface area contributed by atoms with Crippen molar-refractivity contribution in [1.82, 2.24) is 15.1 Å². The van der Waals surface area contributed by atoms with Crippen LogP contribution in [-0.4, -0.2) is 54.2 Å². The van der Waals surface area contributed by atoms with E-state index < -0.39 is 0 Å². The zero-order valence-corrected chi connectivity index (χ0v) is 20.0. The number of hydrogen-bond donors (Lipinski definition) is 1. The maximum Gasteiger partial charge on any atom is 0.234 e. The van der Waals surface area contributed by atoms with Crippen LogP contribution in [0.5, 0.6) is 0 Å². The van der Waals surface area contributed by atoms with Gasteiger partial charge < -0.3 is 5.32 Å². The van der Waals surface area contributed by atoms with Gasteiger partial charge in [-0.15, -0.1) is 11.3 Å².